The first-order valence-corrected chi connectivity index (χ1v) is 9.03. The molecule has 0 rings (SSSR count). The van der Waals surface area contributed by atoms with Crippen LogP contribution in [0.3, 0.4) is 0 Å². The lowest BCUT2D eigenvalue weighted by Gasteiger charge is -2.11. The van der Waals surface area contributed by atoms with Crippen molar-refractivity contribution in [2.75, 3.05) is 0 Å². The van der Waals surface area contributed by atoms with Crippen molar-refractivity contribution in [1.82, 2.24) is 0 Å². The van der Waals surface area contributed by atoms with Crippen molar-refractivity contribution in [3.8, 4) is 0 Å². The van der Waals surface area contributed by atoms with Gasteiger partial charge in [-0.05, 0) is 31.1 Å². The molecule has 0 bridgehead atoms. The van der Waals surface area contributed by atoms with E-state index in [4.69, 9.17) is 0 Å². The highest BCUT2D eigenvalue weighted by molar-refractivity contribution is 5.03. The normalized spacial score (nSPS) is 11.6. The lowest BCUT2D eigenvalue weighted by molar-refractivity contribution is 0.593. The van der Waals surface area contributed by atoms with Crippen LogP contribution in [0.1, 0.15) is 102 Å². The topological polar surface area (TPSA) is 0 Å². The first kappa shape index (κ1) is 28.0. The monoisotopic (exact) mass is 286 g/mol. The van der Waals surface area contributed by atoms with Crippen molar-refractivity contribution >= 4 is 0 Å². The van der Waals surface area contributed by atoms with Gasteiger partial charge in [0.25, 0.3) is 0 Å². The average Bonchev–Trinajstić information content (AvgIpc) is 2.43. The maximum Gasteiger partial charge on any atom is -0.0234 e. The minimum Gasteiger partial charge on any atom is -0.0828 e. The molecule has 0 nitrogen and oxygen atoms in total. The molecular weight excluding hydrogens is 240 g/mol. The molecule has 0 aliphatic heterocycles. The molecule has 0 saturated carbocycles. The summed E-state index contributed by atoms with van der Waals surface area (Å²) >= 11 is 0. The Bertz CT molecular complexity index is 163. The van der Waals surface area contributed by atoms with Crippen molar-refractivity contribution in [3.05, 3.63) is 11.6 Å². The van der Waals surface area contributed by atoms with E-state index in [2.05, 4.69) is 61.5 Å². The molecule has 0 saturated heterocycles. The van der Waals surface area contributed by atoms with Crippen LogP contribution in [0.5, 0.6) is 0 Å². The maximum absolute atomic E-state index is 2.38. The van der Waals surface area contributed by atoms with Gasteiger partial charge in [-0.1, -0.05) is 101 Å². The van der Waals surface area contributed by atoms with Gasteiger partial charge in [-0.3, -0.25) is 0 Å². The third-order valence-corrected chi connectivity index (χ3v) is 2.91. The summed E-state index contributed by atoms with van der Waals surface area (Å²) in [4.78, 5) is 0. The minimum atomic E-state index is 0.703. The third kappa shape index (κ3) is 30.6. The highest BCUT2D eigenvalue weighted by Gasteiger charge is 2.02. The van der Waals surface area contributed by atoms with Crippen molar-refractivity contribution in [2.24, 2.45) is 17.8 Å². The van der Waals surface area contributed by atoms with E-state index < -0.39 is 0 Å². The van der Waals surface area contributed by atoms with Gasteiger partial charge in [-0.25, -0.2) is 0 Å². The largest absolute Gasteiger partial charge is 0.0828 e. The summed E-state index contributed by atoms with van der Waals surface area (Å²) in [5, 5.41) is 0. The van der Waals surface area contributed by atoms with Crippen LogP contribution in [0.2, 0.25) is 0 Å². The zero-order valence-electron chi connectivity index (χ0n) is 16.9. The molecule has 0 aliphatic rings. The summed E-state index contributed by atoms with van der Waals surface area (Å²) in [7, 11) is 0. The van der Waals surface area contributed by atoms with Gasteiger partial charge in [0, 0.05) is 0 Å². The quantitative estimate of drug-likeness (QED) is 0.447. The van der Waals surface area contributed by atoms with Crippen LogP contribution < -0.4 is 0 Å². The summed E-state index contributed by atoms with van der Waals surface area (Å²) < 4.78 is 0. The number of hydrogen-bond donors (Lipinski definition) is 0. The number of hydrogen-bond acceptors (Lipinski definition) is 0. The first-order valence-electron chi connectivity index (χ1n) is 9.03. The fraction of sp³-hybridized carbons (Fsp3) is 0.900. The third-order valence-electron chi connectivity index (χ3n) is 2.91. The predicted octanol–water partition coefficient (Wildman–Crippen LogP) is 8.13. The number of rotatable bonds is 5. The van der Waals surface area contributed by atoms with Crippen LogP contribution in [-0.2, 0) is 0 Å². The summed E-state index contributed by atoms with van der Waals surface area (Å²) in [5.41, 5.74) is 1.56. The lowest BCUT2D eigenvalue weighted by atomic mass is 9.95. The second-order valence-electron chi connectivity index (χ2n) is 5.65. The fourth-order valence-corrected chi connectivity index (χ4v) is 1.35. The van der Waals surface area contributed by atoms with Gasteiger partial charge in [0.15, 0.2) is 0 Å². The molecule has 0 fully saturated rings. The van der Waals surface area contributed by atoms with Gasteiger partial charge < -0.3 is 0 Å². The van der Waals surface area contributed by atoms with Gasteiger partial charge in [-0.2, -0.15) is 0 Å². The van der Waals surface area contributed by atoms with Crippen LogP contribution >= 0.6 is 0 Å². The minimum absolute atomic E-state index is 0.703. The Hall–Kier alpha value is -0.260. The van der Waals surface area contributed by atoms with Crippen molar-refractivity contribution in [3.63, 3.8) is 0 Å². The van der Waals surface area contributed by atoms with E-state index in [1.807, 2.05) is 27.7 Å². The van der Waals surface area contributed by atoms with Crippen molar-refractivity contribution < 1.29 is 0 Å². The molecule has 0 heteroatoms. The van der Waals surface area contributed by atoms with Crippen LogP contribution in [0.25, 0.3) is 0 Å². The molecule has 20 heavy (non-hydrogen) atoms. The van der Waals surface area contributed by atoms with Crippen molar-refractivity contribution in [2.45, 2.75) is 102 Å². The summed E-state index contributed by atoms with van der Waals surface area (Å²) in [6.45, 7) is 25.9. The smallest absolute Gasteiger partial charge is 0.0234 e. The Morgan fingerprint density at radius 3 is 1.40 bits per heavy atom. The highest BCUT2D eigenvalue weighted by Crippen LogP contribution is 2.17. The maximum atomic E-state index is 2.38. The number of allylic oxidation sites excluding steroid dienone is 2. The van der Waals surface area contributed by atoms with Crippen LogP contribution in [0.4, 0.5) is 0 Å². The Kier molecular flexibility index (Phi) is 33.3. The van der Waals surface area contributed by atoms with E-state index in [1.165, 1.54) is 19.3 Å². The Labute approximate surface area is 132 Å². The summed E-state index contributed by atoms with van der Waals surface area (Å²) in [5.74, 6) is 2.37. The average molecular weight is 287 g/mol. The van der Waals surface area contributed by atoms with E-state index in [9.17, 15) is 0 Å². The summed E-state index contributed by atoms with van der Waals surface area (Å²) in [6, 6.07) is 0. The Morgan fingerprint density at radius 2 is 1.20 bits per heavy atom. The molecule has 1 atom stereocenters. The van der Waals surface area contributed by atoms with E-state index in [-0.39, 0.29) is 0 Å². The van der Waals surface area contributed by atoms with E-state index in [1.54, 1.807) is 5.57 Å². The van der Waals surface area contributed by atoms with Gasteiger partial charge in [-0.15, -0.1) is 0 Å². The molecule has 0 aromatic rings. The van der Waals surface area contributed by atoms with Crippen LogP contribution in [0, 0.1) is 17.8 Å². The molecule has 126 valence electrons. The van der Waals surface area contributed by atoms with E-state index in [0.29, 0.717) is 5.92 Å². The molecular formula is C20H46. The van der Waals surface area contributed by atoms with Gasteiger partial charge in [0.05, 0.1) is 0 Å². The first-order chi connectivity index (χ1) is 9.34. The molecule has 0 heterocycles. The molecule has 0 aromatic carbocycles. The molecule has 0 spiro atoms. The SMILES string of the molecule is CC.CC.CCC(C)C.CCCC(C)/C(C)=C/C(C)C. The van der Waals surface area contributed by atoms with E-state index in [0.717, 1.165) is 11.8 Å². The summed E-state index contributed by atoms with van der Waals surface area (Å²) in [6.07, 6.45) is 6.31. The van der Waals surface area contributed by atoms with Gasteiger partial charge in [0.2, 0.25) is 0 Å². The standard InChI is InChI=1S/C11H22.C5H12.2C2H6/c1-6-7-10(4)11(5)8-9(2)3;1-4-5(2)3;2*1-2/h8-10H,6-7H2,1-5H3;5H,4H2,1-3H3;2*1-2H3/b11-8+;;;. The molecule has 0 aliphatic carbocycles. The van der Waals surface area contributed by atoms with Gasteiger partial charge >= 0.3 is 0 Å². The second-order valence-corrected chi connectivity index (χ2v) is 5.65. The van der Waals surface area contributed by atoms with Crippen LogP contribution in [-0.4, -0.2) is 0 Å². The predicted molar refractivity (Wildman–Crippen MR) is 100 cm³/mol. The zero-order valence-corrected chi connectivity index (χ0v) is 16.9. The second kappa shape index (κ2) is 23.8. The fourth-order valence-electron chi connectivity index (χ4n) is 1.35. The lowest BCUT2D eigenvalue weighted by Crippen LogP contribution is -1.97. The molecule has 1 unspecified atom stereocenters. The van der Waals surface area contributed by atoms with Crippen LogP contribution in [0.15, 0.2) is 11.6 Å². The Balaban J connectivity index is -0.000000119. The molecule has 0 radical (unpaired) electrons. The zero-order chi connectivity index (χ0) is 17.1. The molecule has 0 N–H and O–H groups in total. The Morgan fingerprint density at radius 1 is 0.850 bits per heavy atom. The van der Waals surface area contributed by atoms with Crippen molar-refractivity contribution in [1.29, 1.82) is 0 Å². The van der Waals surface area contributed by atoms with E-state index >= 15 is 0 Å². The molecule has 0 aromatic heterocycles. The highest BCUT2D eigenvalue weighted by atomic mass is 14.1. The van der Waals surface area contributed by atoms with Gasteiger partial charge in [0.1, 0.15) is 0 Å². The molecule has 0 amide bonds.